The summed E-state index contributed by atoms with van der Waals surface area (Å²) in [5.41, 5.74) is 1.03. The smallest absolute Gasteiger partial charge is 0.308 e. The first-order chi connectivity index (χ1) is 11.0. The number of carbonyl (C=O) groups is 2. The van der Waals surface area contributed by atoms with E-state index >= 15 is 0 Å². The zero-order valence-corrected chi connectivity index (χ0v) is 13.6. The van der Waals surface area contributed by atoms with Crippen LogP contribution in [-0.2, 0) is 16.0 Å². The number of likely N-dealkylation sites (tertiary alicyclic amines) is 1. The molecule has 6 heteroatoms. The van der Waals surface area contributed by atoms with E-state index in [0.29, 0.717) is 44.2 Å². The summed E-state index contributed by atoms with van der Waals surface area (Å²) in [6.45, 7) is 5.76. The zero-order chi connectivity index (χ0) is 16.8. The molecule has 126 valence electrons. The molecule has 0 bridgehead atoms. The molecule has 1 N–H and O–H groups in total. The van der Waals surface area contributed by atoms with Crippen molar-refractivity contribution >= 4 is 11.9 Å². The van der Waals surface area contributed by atoms with Crippen molar-refractivity contribution in [2.75, 3.05) is 26.3 Å². The standard InChI is InChI=1S/C17H23NO5/c1-3-22-14-6-5-12(9-15(14)23-4-2)7-8-18-11-13(17(20)21)10-16(18)19/h5-6,9,13H,3-4,7-8,10-11H2,1-2H3,(H,20,21)/t13-/m1/s1. The van der Waals surface area contributed by atoms with Crippen molar-refractivity contribution in [2.45, 2.75) is 26.7 Å². The van der Waals surface area contributed by atoms with Gasteiger partial charge < -0.3 is 19.5 Å². The second-order valence-corrected chi connectivity index (χ2v) is 5.48. The van der Waals surface area contributed by atoms with Gasteiger partial charge in [-0.15, -0.1) is 0 Å². The lowest BCUT2D eigenvalue weighted by atomic mass is 10.1. The molecule has 6 nitrogen and oxygen atoms in total. The number of nitrogens with zero attached hydrogens (tertiary/aromatic N) is 1. The normalized spacial score (nSPS) is 17.4. The van der Waals surface area contributed by atoms with Gasteiger partial charge in [0.25, 0.3) is 0 Å². The number of aliphatic carboxylic acids is 1. The predicted octanol–water partition coefficient (Wildman–Crippen LogP) is 1.96. The van der Waals surface area contributed by atoms with Gasteiger partial charge >= 0.3 is 5.97 Å². The third kappa shape index (κ3) is 4.37. The third-order valence-corrected chi connectivity index (χ3v) is 3.84. The van der Waals surface area contributed by atoms with E-state index in [0.717, 1.165) is 5.56 Å². The monoisotopic (exact) mass is 321 g/mol. The van der Waals surface area contributed by atoms with Crippen LogP contribution in [0.3, 0.4) is 0 Å². The van der Waals surface area contributed by atoms with Crippen LogP contribution in [0.5, 0.6) is 11.5 Å². The number of carboxylic acids is 1. The first kappa shape index (κ1) is 17.1. The topological polar surface area (TPSA) is 76.1 Å². The van der Waals surface area contributed by atoms with Crippen LogP contribution in [0.25, 0.3) is 0 Å². The van der Waals surface area contributed by atoms with Crippen LogP contribution < -0.4 is 9.47 Å². The molecule has 0 aliphatic carbocycles. The molecule has 2 rings (SSSR count). The Morgan fingerprint density at radius 1 is 1.26 bits per heavy atom. The Labute approximate surface area is 136 Å². The Hall–Kier alpha value is -2.24. The number of carbonyl (C=O) groups excluding carboxylic acids is 1. The molecule has 23 heavy (non-hydrogen) atoms. The molecular weight excluding hydrogens is 298 g/mol. The van der Waals surface area contributed by atoms with Crippen molar-refractivity contribution in [3.63, 3.8) is 0 Å². The number of hydrogen-bond acceptors (Lipinski definition) is 4. The van der Waals surface area contributed by atoms with Crippen LogP contribution in [0.4, 0.5) is 0 Å². The number of carboxylic acid groups (broad SMARTS) is 1. The molecule has 1 aromatic rings. The van der Waals surface area contributed by atoms with Gasteiger partial charge in [-0.05, 0) is 38.0 Å². The van der Waals surface area contributed by atoms with Gasteiger partial charge in [0.1, 0.15) is 0 Å². The fraction of sp³-hybridized carbons (Fsp3) is 0.529. The van der Waals surface area contributed by atoms with Gasteiger partial charge in [-0.3, -0.25) is 9.59 Å². The second-order valence-electron chi connectivity index (χ2n) is 5.48. The highest BCUT2D eigenvalue weighted by Crippen LogP contribution is 2.29. The fourth-order valence-electron chi connectivity index (χ4n) is 2.67. The molecule has 0 spiro atoms. The molecule has 1 atom stereocenters. The van der Waals surface area contributed by atoms with E-state index in [4.69, 9.17) is 14.6 Å². The quantitative estimate of drug-likeness (QED) is 0.792. The number of rotatable bonds is 8. The molecule has 1 saturated heterocycles. The van der Waals surface area contributed by atoms with E-state index in [1.54, 1.807) is 4.90 Å². The van der Waals surface area contributed by atoms with E-state index in [9.17, 15) is 9.59 Å². The van der Waals surface area contributed by atoms with E-state index in [-0.39, 0.29) is 12.3 Å². The summed E-state index contributed by atoms with van der Waals surface area (Å²) in [5.74, 6) is -0.167. The first-order valence-corrected chi connectivity index (χ1v) is 7.94. The highest BCUT2D eigenvalue weighted by molar-refractivity contribution is 5.86. The van der Waals surface area contributed by atoms with Crippen molar-refractivity contribution in [3.8, 4) is 11.5 Å². The number of hydrogen-bond donors (Lipinski definition) is 1. The van der Waals surface area contributed by atoms with Gasteiger partial charge in [-0.2, -0.15) is 0 Å². The predicted molar refractivity (Wildman–Crippen MR) is 84.8 cm³/mol. The zero-order valence-electron chi connectivity index (χ0n) is 13.6. The Kier molecular flexibility index (Phi) is 5.84. The minimum absolute atomic E-state index is 0.0895. The van der Waals surface area contributed by atoms with E-state index < -0.39 is 11.9 Å². The van der Waals surface area contributed by atoms with Crippen LogP contribution in [0.2, 0.25) is 0 Å². The van der Waals surface area contributed by atoms with Gasteiger partial charge in [-0.1, -0.05) is 6.07 Å². The lowest BCUT2D eigenvalue weighted by Gasteiger charge is -2.17. The molecule has 1 amide bonds. The minimum Gasteiger partial charge on any atom is -0.490 e. The molecule has 1 fully saturated rings. The van der Waals surface area contributed by atoms with Gasteiger partial charge in [-0.25, -0.2) is 0 Å². The molecule has 1 aliphatic rings. The Morgan fingerprint density at radius 3 is 2.57 bits per heavy atom. The van der Waals surface area contributed by atoms with Crippen molar-refractivity contribution in [2.24, 2.45) is 5.92 Å². The lowest BCUT2D eigenvalue weighted by molar-refractivity contribution is -0.141. The summed E-state index contributed by atoms with van der Waals surface area (Å²) in [7, 11) is 0. The molecule has 1 heterocycles. The Balaban J connectivity index is 1.99. The van der Waals surface area contributed by atoms with Gasteiger partial charge in [0.15, 0.2) is 11.5 Å². The number of ether oxygens (including phenoxy) is 2. The highest BCUT2D eigenvalue weighted by atomic mass is 16.5. The molecule has 1 aromatic carbocycles. The summed E-state index contributed by atoms with van der Waals surface area (Å²) in [5, 5.41) is 9.00. The van der Waals surface area contributed by atoms with Crippen molar-refractivity contribution in [1.29, 1.82) is 0 Å². The average Bonchev–Trinajstić information content (AvgIpc) is 2.89. The summed E-state index contributed by atoms with van der Waals surface area (Å²) < 4.78 is 11.1. The minimum atomic E-state index is -0.902. The van der Waals surface area contributed by atoms with Crippen LogP contribution in [0, 0.1) is 5.92 Å². The summed E-state index contributed by atoms with van der Waals surface area (Å²) >= 11 is 0. The van der Waals surface area contributed by atoms with E-state index in [1.807, 2.05) is 32.0 Å². The van der Waals surface area contributed by atoms with Crippen LogP contribution in [-0.4, -0.2) is 48.2 Å². The van der Waals surface area contributed by atoms with Crippen molar-refractivity contribution in [1.82, 2.24) is 4.90 Å². The molecule has 0 radical (unpaired) electrons. The lowest BCUT2D eigenvalue weighted by Crippen LogP contribution is -2.28. The van der Waals surface area contributed by atoms with E-state index in [1.165, 1.54) is 0 Å². The highest BCUT2D eigenvalue weighted by Gasteiger charge is 2.33. The van der Waals surface area contributed by atoms with Crippen molar-refractivity contribution in [3.05, 3.63) is 23.8 Å². The maximum atomic E-state index is 11.8. The molecule has 0 aromatic heterocycles. The average molecular weight is 321 g/mol. The summed E-state index contributed by atoms with van der Waals surface area (Å²) in [4.78, 5) is 24.4. The van der Waals surface area contributed by atoms with Gasteiger partial charge in [0, 0.05) is 19.5 Å². The molecule has 1 aliphatic heterocycles. The van der Waals surface area contributed by atoms with E-state index in [2.05, 4.69) is 0 Å². The third-order valence-electron chi connectivity index (χ3n) is 3.84. The first-order valence-electron chi connectivity index (χ1n) is 7.94. The largest absolute Gasteiger partial charge is 0.490 e. The maximum absolute atomic E-state index is 11.8. The maximum Gasteiger partial charge on any atom is 0.308 e. The van der Waals surface area contributed by atoms with Gasteiger partial charge in [0.05, 0.1) is 19.1 Å². The fourth-order valence-corrected chi connectivity index (χ4v) is 2.67. The molecule has 0 saturated carbocycles. The molecular formula is C17H23NO5. The van der Waals surface area contributed by atoms with Crippen LogP contribution >= 0.6 is 0 Å². The number of amides is 1. The Bertz CT molecular complexity index is 572. The van der Waals surface area contributed by atoms with Crippen LogP contribution in [0.1, 0.15) is 25.8 Å². The SMILES string of the molecule is CCOc1ccc(CCN2C[C@H](C(=O)O)CC2=O)cc1OCC. The van der Waals surface area contributed by atoms with Crippen molar-refractivity contribution < 1.29 is 24.2 Å². The summed E-state index contributed by atoms with van der Waals surface area (Å²) in [6.07, 6.45) is 0.757. The Morgan fingerprint density at radius 2 is 1.96 bits per heavy atom. The van der Waals surface area contributed by atoms with Gasteiger partial charge in [0.2, 0.25) is 5.91 Å². The second kappa shape index (κ2) is 7.85. The molecule has 0 unspecified atom stereocenters. The van der Waals surface area contributed by atoms with Crippen LogP contribution in [0.15, 0.2) is 18.2 Å². The number of benzene rings is 1. The summed E-state index contributed by atoms with van der Waals surface area (Å²) in [6, 6.07) is 5.74.